The first-order valence-electron chi connectivity index (χ1n) is 2.66. The summed E-state index contributed by atoms with van der Waals surface area (Å²) in [6.45, 7) is 0.649. The Morgan fingerprint density at radius 3 is 2.78 bits per heavy atom. The van der Waals surface area contributed by atoms with Crippen LogP contribution < -0.4 is 5.32 Å². The number of aliphatic hydroxyl groups excluding tert-OH is 1. The van der Waals surface area contributed by atoms with E-state index >= 15 is 0 Å². The second-order valence-corrected chi connectivity index (χ2v) is 1.72. The Balaban J connectivity index is 3.16. The number of amides is 1. The van der Waals surface area contributed by atoms with E-state index in [1.807, 2.05) is 0 Å². The lowest BCUT2D eigenvalue weighted by Gasteiger charge is -2.03. The second kappa shape index (κ2) is 4.26. The summed E-state index contributed by atoms with van der Waals surface area (Å²) in [7, 11) is 0. The SMILES string of the molecule is CC(=O)NCC(F)CO. The molecule has 54 valence electrons. The number of hydrogen-bond donors (Lipinski definition) is 2. The van der Waals surface area contributed by atoms with Gasteiger partial charge in [0.05, 0.1) is 13.2 Å². The van der Waals surface area contributed by atoms with Crippen LogP contribution in [0.2, 0.25) is 0 Å². The van der Waals surface area contributed by atoms with Crippen molar-refractivity contribution in [3.8, 4) is 0 Å². The van der Waals surface area contributed by atoms with Crippen LogP contribution in [0, 0.1) is 0 Å². The fourth-order valence-electron chi connectivity index (χ4n) is 0.319. The van der Waals surface area contributed by atoms with Gasteiger partial charge in [-0.3, -0.25) is 4.79 Å². The van der Waals surface area contributed by atoms with Gasteiger partial charge in [0, 0.05) is 6.92 Å². The predicted molar refractivity (Wildman–Crippen MR) is 30.7 cm³/mol. The maximum Gasteiger partial charge on any atom is 0.216 e. The van der Waals surface area contributed by atoms with Crippen LogP contribution in [0.3, 0.4) is 0 Å². The zero-order valence-corrected chi connectivity index (χ0v) is 5.22. The van der Waals surface area contributed by atoms with Crippen LogP contribution >= 0.6 is 0 Å². The Kier molecular flexibility index (Phi) is 3.96. The van der Waals surface area contributed by atoms with E-state index in [4.69, 9.17) is 5.11 Å². The minimum absolute atomic E-state index is 0.105. The Morgan fingerprint density at radius 1 is 1.89 bits per heavy atom. The fourth-order valence-corrected chi connectivity index (χ4v) is 0.319. The molecule has 0 aromatic rings. The van der Waals surface area contributed by atoms with Crippen LogP contribution in [0.15, 0.2) is 0 Å². The van der Waals surface area contributed by atoms with Crippen molar-refractivity contribution in [1.82, 2.24) is 5.32 Å². The molecule has 0 aliphatic heterocycles. The quantitative estimate of drug-likeness (QED) is 0.545. The molecular weight excluding hydrogens is 125 g/mol. The summed E-state index contributed by atoms with van der Waals surface area (Å²) in [6, 6.07) is 0. The monoisotopic (exact) mass is 135 g/mol. The van der Waals surface area contributed by atoms with E-state index in [-0.39, 0.29) is 12.5 Å². The van der Waals surface area contributed by atoms with Gasteiger partial charge in [-0.2, -0.15) is 0 Å². The largest absolute Gasteiger partial charge is 0.393 e. The Morgan fingerprint density at radius 2 is 2.44 bits per heavy atom. The number of rotatable bonds is 3. The van der Waals surface area contributed by atoms with Gasteiger partial charge in [-0.05, 0) is 0 Å². The molecule has 4 heteroatoms. The highest BCUT2D eigenvalue weighted by Gasteiger charge is 2.02. The summed E-state index contributed by atoms with van der Waals surface area (Å²) in [5.74, 6) is -0.286. The second-order valence-electron chi connectivity index (χ2n) is 1.72. The lowest BCUT2D eigenvalue weighted by molar-refractivity contribution is -0.119. The molecule has 0 aliphatic carbocycles. The molecule has 1 atom stereocenters. The number of hydrogen-bond acceptors (Lipinski definition) is 2. The normalized spacial score (nSPS) is 12.8. The molecule has 1 unspecified atom stereocenters. The van der Waals surface area contributed by atoms with Crippen molar-refractivity contribution < 1.29 is 14.3 Å². The van der Waals surface area contributed by atoms with Gasteiger partial charge >= 0.3 is 0 Å². The minimum Gasteiger partial charge on any atom is -0.393 e. The predicted octanol–water partition coefficient (Wildman–Crippen LogP) is -0.547. The zero-order chi connectivity index (χ0) is 7.28. The molecule has 0 aliphatic rings. The highest BCUT2D eigenvalue weighted by molar-refractivity contribution is 5.72. The summed E-state index contributed by atoms with van der Waals surface area (Å²) in [6.07, 6.45) is -1.34. The van der Waals surface area contributed by atoms with Crippen molar-refractivity contribution in [2.24, 2.45) is 0 Å². The van der Waals surface area contributed by atoms with Gasteiger partial charge in [-0.15, -0.1) is 0 Å². The first-order valence-corrected chi connectivity index (χ1v) is 2.66. The van der Waals surface area contributed by atoms with E-state index in [1.165, 1.54) is 6.92 Å². The van der Waals surface area contributed by atoms with Crippen LogP contribution in [0.4, 0.5) is 4.39 Å². The first kappa shape index (κ1) is 8.36. The molecule has 0 spiro atoms. The van der Waals surface area contributed by atoms with E-state index in [9.17, 15) is 9.18 Å². The summed E-state index contributed by atoms with van der Waals surface area (Å²) < 4.78 is 12.0. The molecular formula is C5H10FNO2. The standard InChI is InChI=1S/C5H10FNO2/c1-4(9)7-2-5(6)3-8/h5,8H,2-3H2,1H3,(H,7,9). The first-order chi connectivity index (χ1) is 4.16. The van der Waals surface area contributed by atoms with Gasteiger partial charge in [0.15, 0.2) is 0 Å². The molecule has 0 saturated heterocycles. The van der Waals surface area contributed by atoms with Crippen LogP contribution in [-0.2, 0) is 4.79 Å². The highest BCUT2D eigenvalue weighted by atomic mass is 19.1. The highest BCUT2D eigenvalue weighted by Crippen LogP contribution is 1.83. The molecule has 0 radical (unpaired) electrons. The van der Waals surface area contributed by atoms with Gasteiger partial charge in [-0.25, -0.2) is 4.39 Å². The average molecular weight is 135 g/mol. The number of carbonyl (C=O) groups is 1. The van der Waals surface area contributed by atoms with Gasteiger partial charge in [0.2, 0.25) is 5.91 Å². The number of nitrogens with one attached hydrogen (secondary N) is 1. The van der Waals surface area contributed by atoms with Gasteiger partial charge in [-0.1, -0.05) is 0 Å². The van der Waals surface area contributed by atoms with Crippen LogP contribution in [0.1, 0.15) is 6.92 Å². The van der Waals surface area contributed by atoms with E-state index in [2.05, 4.69) is 5.32 Å². The molecule has 3 nitrogen and oxygen atoms in total. The van der Waals surface area contributed by atoms with Crippen LogP contribution in [0.25, 0.3) is 0 Å². The van der Waals surface area contributed by atoms with Crippen molar-refractivity contribution >= 4 is 5.91 Å². The topological polar surface area (TPSA) is 49.3 Å². The van der Waals surface area contributed by atoms with Crippen molar-refractivity contribution in [2.75, 3.05) is 13.2 Å². The van der Waals surface area contributed by atoms with E-state index in [0.717, 1.165) is 0 Å². The number of aliphatic hydroxyl groups is 1. The van der Waals surface area contributed by atoms with Crippen LogP contribution in [-0.4, -0.2) is 30.3 Å². The Hall–Kier alpha value is -0.640. The third-order valence-electron chi connectivity index (χ3n) is 0.771. The third kappa shape index (κ3) is 5.23. The molecule has 0 heterocycles. The number of alkyl halides is 1. The Labute approximate surface area is 52.9 Å². The molecule has 0 fully saturated rings. The van der Waals surface area contributed by atoms with Gasteiger partial charge < -0.3 is 10.4 Å². The molecule has 2 N–H and O–H groups in total. The van der Waals surface area contributed by atoms with E-state index < -0.39 is 12.8 Å². The lowest BCUT2D eigenvalue weighted by Crippen LogP contribution is -2.29. The molecule has 0 rings (SSSR count). The number of carbonyl (C=O) groups excluding carboxylic acids is 1. The summed E-state index contributed by atoms with van der Waals surface area (Å²) in [5.41, 5.74) is 0. The maximum atomic E-state index is 12.0. The molecule has 0 aromatic heterocycles. The van der Waals surface area contributed by atoms with Crippen molar-refractivity contribution in [3.63, 3.8) is 0 Å². The number of halogens is 1. The van der Waals surface area contributed by atoms with Gasteiger partial charge in [0.1, 0.15) is 6.17 Å². The smallest absolute Gasteiger partial charge is 0.216 e. The fraction of sp³-hybridized carbons (Fsp3) is 0.800. The zero-order valence-electron chi connectivity index (χ0n) is 5.22. The van der Waals surface area contributed by atoms with E-state index in [0.29, 0.717) is 0 Å². The molecule has 0 bridgehead atoms. The molecule has 0 saturated carbocycles. The Bertz CT molecular complexity index is 97.0. The lowest BCUT2D eigenvalue weighted by atomic mass is 10.4. The van der Waals surface area contributed by atoms with Gasteiger partial charge in [0.25, 0.3) is 0 Å². The average Bonchev–Trinajstić information content (AvgIpc) is 1.83. The van der Waals surface area contributed by atoms with Crippen molar-refractivity contribution in [2.45, 2.75) is 13.1 Å². The summed E-state index contributed by atoms with van der Waals surface area (Å²) in [5, 5.41) is 10.3. The van der Waals surface area contributed by atoms with Crippen LogP contribution in [0.5, 0.6) is 0 Å². The minimum atomic E-state index is -1.34. The summed E-state index contributed by atoms with van der Waals surface area (Å²) in [4.78, 5) is 10.1. The third-order valence-corrected chi connectivity index (χ3v) is 0.771. The summed E-state index contributed by atoms with van der Waals surface area (Å²) >= 11 is 0. The molecule has 1 amide bonds. The molecule has 9 heavy (non-hydrogen) atoms. The van der Waals surface area contributed by atoms with Crippen molar-refractivity contribution in [1.29, 1.82) is 0 Å². The molecule has 0 aromatic carbocycles. The van der Waals surface area contributed by atoms with Crippen molar-refractivity contribution in [3.05, 3.63) is 0 Å². The van der Waals surface area contributed by atoms with E-state index in [1.54, 1.807) is 0 Å². The maximum absolute atomic E-state index is 12.0.